The summed E-state index contributed by atoms with van der Waals surface area (Å²) in [5.41, 5.74) is 0. The van der Waals surface area contributed by atoms with Gasteiger partial charge in [0.1, 0.15) is 0 Å². The van der Waals surface area contributed by atoms with Crippen LogP contribution < -0.4 is 5.32 Å². The second-order valence-corrected chi connectivity index (χ2v) is 7.08. The van der Waals surface area contributed by atoms with Gasteiger partial charge in [-0.2, -0.15) is 11.8 Å². The summed E-state index contributed by atoms with van der Waals surface area (Å²) in [6, 6.07) is 2.54. The molecule has 3 atom stereocenters. The van der Waals surface area contributed by atoms with Crippen molar-refractivity contribution in [1.82, 2.24) is 10.2 Å². The van der Waals surface area contributed by atoms with Crippen molar-refractivity contribution in [3.05, 3.63) is 0 Å². The summed E-state index contributed by atoms with van der Waals surface area (Å²) in [7, 11) is 2.36. The van der Waals surface area contributed by atoms with E-state index in [1.807, 2.05) is 0 Å². The number of nitrogens with zero attached hydrogens (tertiary/aromatic N) is 1. The first kappa shape index (κ1) is 14.0. The van der Waals surface area contributed by atoms with E-state index in [1.165, 1.54) is 50.2 Å². The van der Waals surface area contributed by atoms with Gasteiger partial charge in [0.2, 0.25) is 0 Å². The van der Waals surface area contributed by atoms with Gasteiger partial charge in [-0.05, 0) is 56.6 Å². The van der Waals surface area contributed by atoms with Crippen molar-refractivity contribution < 1.29 is 0 Å². The zero-order chi connectivity index (χ0) is 11.0. The highest BCUT2D eigenvalue weighted by atomic mass is 35.5. The third kappa shape index (κ3) is 3.31. The van der Waals surface area contributed by atoms with Crippen molar-refractivity contribution in [1.29, 1.82) is 0 Å². The predicted molar refractivity (Wildman–Crippen MR) is 78.3 cm³/mol. The summed E-state index contributed by atoms with van der Waals surface area (Å²) in [5.74, 6) is 3.78. The Labute approximate surface area is 116 Å². The first-order valence-electron chi connectivity index (χ1n) is 6.85. The average Bonchev–Trinajstić information content (AvgIpc) is 2.89. The topological polar surface area (TPSA) is 15.3 Å². The molecule has 0 saturated carbocycles. The van der Waals surface area contributed by atoms with E-state index in [4.69, 9.17) is 0 Å². The molecule has 17 heavy (non-hydrogen) atoms. The fourth-order valence-electron chi connectivity index (χ4n) is 3.67. The van der Waals surface area contributed by atoms with Crippen LogP contribution in [0.2, 0.25) is 0 Å². The van der Waals surface area contributed by atoms with Gasteiger partial charge < -0.3 is 10.2 Å². The zero-order valence-electron chi connectivity index (χ0n) is 10.7. The fourth-order valence-corrected chi connectivity index (χ4v) is 4.94. The highest BCUT2D eigenvalue weighted by Gasteiger charge is 2.35. The Hall–Kier alpha value is 0.560. The van der Waals surface area contributed by atoms with Gasteiger partial charge in [0, 0.05) is 24.7 Å². The molecule has 3 saturated heterocycles. The van der Waals surface area contributed by atoms with Crippen LogP contribution in [0.5, 0.6) is 0 Å². The molecule has 0 aliphatic carbocycles. The number of rotatable bonds is 3. The van der Waals surface area contributed by atoms with Crippen LogP contribution in [0, 0.1) is 5.92 Å². The lowest BCUT2D eigenvalue weighted by Crippen LogP contribution is -2.48. The summed E-state index contributed by atoms with van der Waals surface area (Å²) < 4.78 is 0. The number of fused-ring (bicyclic) bond motifs is 2. The minimum Gasteiger partial charge on any atom is -0.311 e. The molecule has 3 unspecified atom stereocenters. The molecule has 3 aliphatic heterocycles. The molecule has 3 aliphatic rings. The van der Waals surface area contributed by atoms with Crippen LogP contribution in [0.4, 0.5) is 0 Å². The molecular weight excluding hydrogens is 252 g/mol. The quantitative estimate of drug-likeness (QED) is 0.852. The Bertz CT molecular complexity index is 234. The molecule has 100 valence electrons. The molecule has 0 aromatic carbocycles. The number of piperidine rings is 1. The van der Waals surface area contributed by atoms with Crippen LogP contribution in [0.1, 0.15) is 32.1 Å². The van der Waals surface area contributed by atoms with Gasteiger partial charge >= 0.3 is 0 Å². The lowest BCUT2D eigenvalue weighted by Gasteiger charge is -2.36. The van der Waals surface area contributed by atoms with E-state index in [1.54, 1.807) is 0 Å². The number of thioether (sulfide) groups is 1. The van der Waals surface area contributed by atoms with E-state index in [9.17, 15) is 0 Å². The lowest BCUT2D eigenvalue weighted by molar-refractivity contribution is 0.155. The Kier molecular flexibility index (Phi) is 5.05. The normalized spacial score (nSPS) is 40.6. The van der Waals surface area contributed by atoms with Crippen molar-refractivity contribution in [2.75, 3.05) is 25.1 Å². The molecular formula is C13H25ClN2S. The maximum absolute atomic E-state index is 3.74. The molecule has 0 radical (unpaired) electrons. The number of hydrogen-bond donors (Lipinski definition) is 1. The maximum Gasteiger partial charge on any atom is 0.0122 e. The van der Waals surface area contributed by atoms with E-state index in [0.29, 0.717) is 0 Å². The van der Waals surface area contributed by atoms with Crippen LogP contribution >= 0.6 is 24.2 Å². The maximum atomic E-state index is 3.74. The monoisotopic (exact) mass is 276 g/mol. The molecule has 4 heteroatoms. The predicted octanol–water partition coefficient (Wildman–Crippen LogP) is 2.38. The Morgan fingerprint density at radius 3 is 2.47 bits per heavy atom. The summed E-state index contributed by atoms with van der Waals surface area (Å²) in [5, 5.41) is 3.74. The molecule has 1 N–H and O–H groups in total. The van der Waals surface area contributed by atoms with Crippen LogP contribution in [0.3, 0.4) is 0 Å². The van der Waals surface area contributed by atoms with Crippen molar-refractivity contribution in [3.63, 3.8) is 0 Å². The summed E-state index contributed by atoms with van der Waals surface area (Å²) in [6.07, 6.45) is 7.09. The minimum atomic E-state index is 0. The van der Waals surface area contributed by atoms with E-state index in [-0.39, 0.29) is 12.4 Å². The van der Waals surface area contributed by atoms with Crippen molar-refractivity contribution in [3.8, 4) is 0 Å². The summed E-state index contributed by atoms with van der Waals surface area (Å²) >= 11 is 2.15. The van der Waals surface area contributed by atoms with Crippen LogP contribution in [-0.2, 0) is 0 Å². The van der Waals surface area contributed by atoms with Gasteiger partial charge in [0.25, 0.3) is 0 Å². The Morgan fingerprint density at radius 2 is 1.88 bits per heavy atom. The molecule has 2 bridgehead atoms. The molecule has 0 aromatic heterocycles. The first-order chi connectivity index (χ1) is 7.81. The van der Waals surface area contributed by atoms with Crippen LogP contribution in [-0.4, -0.2) is 48.1 Å². The fraction of sp³-hybridized carbons (Fsp3) is 1.00. The highest BCUT2D eigenvalue weighted by molar-refractivity contribution is 7.99. The van der Waals surface area contributed by atoms with Gasteiger partial charge in [-0.1, -0.05) is 0 Å². The van der Waals surface area contributed by atoms with Crippen molar-refractivity contribution in [2.45, 2.75) is 50.2 Å². The molecule has 0 amide bonds. The van der Waals surface area contributed by atoms with Gasteiger partial charge in [-0.3, -0.25) is 0 Å². The largest absolute Gasteiger partial charge is 0.311 e. The standard InChI is InChI=1S/C13H24N2S.ClH/c1-15(8-10-4-5-16-9-10)13-6-11-2-3-12(7-13)14-11;/h10-14H,2-9H2,1H3;1H. The number of hydrogen-bond acceptors (Lipinski definition) is 3. The average molecular weight is 277 g/mol. The van der Waals surface area contributed by atoms with E-state index in [2.05, 4.69) is 29.0 Å². The van der Waals surface area contributed by atoms with Gasteiger partial charge in [0.05, 0.1) is 0 Å². The minimum absolute atomic E-state index is 0. The smallest absolute Gasteiger partial charge is 0.0122 e. The first-order valence-corrected chi connectivity index (χ1v) is 8.01. The van der Waals surface area contributed by atoms with Gasteiger partial charge in [-0.15, -0.1) is 12.4 Å². The molecule has 3 heterocycles. The Balaban J connectivity index is 0.00000108. The molecule has 0 aromatic rings. The summed E-state index contributed by atoms with van der Waals surface area (Å²) in [4.78, 5) is 2.67. The lowest BCUT2D eigenvalue weighted by atomic mass is 9.97. The second kappa shape index (κ2) is 6.14. The van der Waals surface area contributed by atoms with E-state index < -0.39 is 0 Å². The van der Waals surface area contributed by atoms with Crippen molar-refractivity contribution >= 4 is 24.2 Å². The molecule has 2 nitrogen and oxygen atoms in total. The number of halogens is 1. The third-order valence-corrected chi connectivity index (χ3v) is 5.87. The Morgan fingerprint density at radius 1 is 1.18 bits per heavy atom. The molecule has 3 rings (SSSR count). The second-order valence-electron chi connectivity index (χ2n) is 5.93. The highest BCUT2D eigenvalue weighted by Crippen LogP contribution is 2.31. The number of nitrogens with one attached hydrogen (secondary N) is 1. The van der Waals surface area contributed by atoms with Crippen LogP contribution in [0.25, 0.3) is 0 Å². The summed E-state index contributed by atoms with van der Waals surface area (Å²) in [6.45, 7) is 1.34. The van der Waals surface area contributed by atoms with Gasteiger partial charge in [-0.25, -0.2) is 0 Å². The van der Waals surface area contributed by atoms with Gasteiger partial charge in [0.15, 0.2) is 0 Å². The molecule has 3 fully saturated rings. The van der Waals surface area contributed by atoms with E-state index in [0.717, 1.165) is 24.0 Å². The van der Waals surface area contributed by atoms with Crippen LogP contribution in [0.15, 0.2) is 0 Å². The zero-order valence-corrected chi connectivity index (χ0v) is 12.4. The third-order valence-electron chi connectivity index (χ3n) is 4.64. The van der Waals surface area contributed by atoms with E-state index >= 15 is 0 Å². The SMILES string of the molecule is CN(CC1CCSC1)C1CC2CCC(C1)N2.Cl. The molecule has 0 spiro atoms. The van der Waals surface area contributed by atoms with Crippen molar-refractivity contribution in [2.24, 2.45) is 5.92 Å².